The monoisotopic (exact) mass is 597 g/mol. The smallest absolute Gasteiger partial charge is 0.0471 e. The van der Waals surface area contributed by atoms with Crippen LogP contribution in [0.1, 0.15) is 117 Å². The van der Waals surface area contributed by atoms with Gasteiger partial charge in [0.25, 0.3) is 0 Å². The summed E-state index contributed by atoms with van der Waals surface area (Å²) in [7, 11) is 0. The second-order valence-corrected chi connectivity index (χ2v) is 15.4. The Morgan fingerprint density at radius 2 is 1.42 bits per heavy atom. The molecule has 0 aliphatic heterocycles. The Morgan fingerprint density at radius 1 is 0.733 bits per heavy atom. The predicted molar refractivity (Wildman–Crippen MR) is 197 cm³/mol. The molecule has 1 heterocycles. The van der Waals surface area contributed by atoms with Crippen molar-refractivity contribution in [2.75, 3.05) is 0 Å². The van der Waals surface area contributed by atoms with Crippen LogP contribution in [0.25, 0.3) is 44.1 Å². The minimum absolute atomic E-state index is 0.0964. The Hall–Kier alpha value is -3.32. The lowest BCUT2D eigenvalue weighted by atomic mass is 9.56. The van der Waals surface area contributed by atoms with Gasteiger partial charge in [-0.25, -0.2) is 0 Å². The first-order valence-corrected chi connectivity index (χ1v) is 17.9. The van der Waals surface area contributed by atoms with E-state index in [1.54, 1.807) is 0 Å². The van der Waals surface area contributed by atoms with Gasteiger partial charge in [0.05, 0.1) is 0 Å². The van der Waals surface area contributed by atoms with Gasteiger partial charge in [0.15, 0.2) is 0 Å². The number of H-pyrrole nitrogens is 1. The van der Waals surface area contributed by atoms with Gasteiger partial charge in [-0.1, -0.05) is 142 Å². The molecule has 4 aromatic carbocycles. The molecule has 1 N–H and O–H groups in total. The molecular weight excluding hydrogens is 542 g/mol. The van der Waals surface area contributed by atoms with Crippen LogP contribution in [-0.2, 0) is 11.8 Å². The summed E-state index contributed by atoms with van der Waals surface area (Å²) in [5, 5.41) is 2.73. The number of benzene rings is 4. The van der Waals surface area contributed by atoms with E-state index < -0.39 is 0 Å². The molecule has 3 atom stereocenters. The summed E-state index contributed by atoms with van der Waals surface area (Å²) in [6, 6.07) is 30.5. The summed E-state index contributed by atoms with van der Waals surface area (Å²) in [6.07, 6.45) is 9.81. The van der Waals surface area contributed by atoms with Gasteiger partial charge in [0.2, 0.25) is 0 Å². The van der Waals surface area contributed by atoms with Crippen LogP contribution in [0, 0.1) is 16.7 Å². The van der Waals surface area contributed by atoms with Crippen LogP contribution >= 0.6 is 0 Å². The van der Waals surface area contributed by atoms with Gasteiger partial charge >= 0.3 is 0 Å². The molecule has 0 saturated heterocycles. The maximum absolute atomic E-state index is 3.81. The molecule has 0 spiro atoms. The number of hydrogen-bond donors (Lipinski definition) is 1. The zero-order valence-corrected chi connectivity index (χ0v) is 29.2. The van der Waals surface area contributed by atoms with Gasteiger partial charge < -0.3 is 4.98 Å². The molecule has 236 valence electrons. The average Bonchev–Trinajstić information content (AvgIpc) is 3.56. The van der Waals surface area contributed by atoms with Crippen molar-refractivity contribution in [1.82, 2.24) is 4.98 Å². The SMILES string of the molecule is CCCCC(C)(CC)Cc1ccc2[nH]c3cccc(-c4cccc5c4C(C)(C(C)(CC)CCC(C)C)c4ccccc4-5)c3c2c1. The summed E-state index contributed by atoms with van der Waals surface area (Å²) in [5.41, 5.74) is 12.9. The van der Waals surface area contributed by atoms with Crippen molar-refractivity contribution in [3.8, 4) is 22.3 Å². The van der Waals surface area contributed by atoms with E-state index in [4.69, 9.17) is 0 Å². The fraction of sp³-hybridized carbons (Fsp3) is 0.455. The van der Waals surface area contributed by atoms with Crippen molar-refractivity contribution in [3.05, 3.63) is 95.6 Å². The molecule has 0 radical (unpaired) electrons. The van der Waals surface area contributed by atoms with E-state index in [0.717, 1.165) is 12.8 Å². The molecule has 1 aliphatic rings. The number of hydrogen-bond acceptors (Lipinski definition) is 0. The predicted octanol–water partition coefficient (Wildman–Crippen LogP) is 13.3. The minimum atomic E-state index is -0.0964. The molecule has 0 amide bonds. The van der Waals surface area contributed by atoms with E-state index >= 15 is 0 Å². The maximum Gasteiger partial charge on any atom is 0.0471 e. The number of rotatable bonds is 12. The molecule has 0 bridgehead atoms. The van der Waals surface area contributed by atoms with Crippen molar-refractivity contribution in [1.29, 1.82) is 0 Å². The molecule has 3 unspecified atom stereocenters. The highest BCUT2D eigenvalue weighted by Crippen LogP contribution is 2.62. The molecule has 0 saturated carbocycles. The Bertz CT molecular complexity index is 1820. The zero-order valence-electron chi connectivity index (χ0n) is 29.2. The van der Waals surface area contributed by atoms with E-state index in [0.29, 0.717) is 11.3 Å². The van der Waals surface area contributed by atoms with E-state index in [-0.39, 0.29) is 10.8 Å². The lowest BCUT2D eigenvalue weighted by molar-refractivity contribution is 0.158. The normalized spacial score (nSPS) is 18.7. The molecule has 1 aromatic heterocycles. The van der Waals surface area contributed by atoms with Crippen molar-refractivity contribution in [2.24, 2.45) is 16.7 Å². The highest BCUT2D eigenvalue weighted by atomic mass is 14.7. The zero-order chi connectivity index (χ0) is 32.0. The van der Waals surface area contributed by atoms with E-state index in [1.807, 2.05) is 0 Å². The summed E-state index contributed by atoms with van der Waals surface area (Å²) in [4.78, 5) is 3.81. The van der Waals surface area contributed by atoms with Crippen molar-refractivity contribution in [2.45, 2.75) is 112 Å². The standard InChI is InChI=1S/C44H55N/c1-9-12-26-42(6,10-2)29-31-23-24-38-36(28-31)40-33(18-16-22-39(40)45-38)35-20-15-19-34-32-17-13-14-21-37(32)44(8,41(34)35)43(7,11-3)27-25-30(4)5/h13-24,28,30,45H,9-12,25-27,29H2,1-8H3. The third-order valence-electron chi connectivity index (χ3n) is 12.2. The van der Waals surface area contributed by atoms with Gasteiger partial charge in [0.1, 0.15) is 0 Å². The van der Waals surface area contributed by atoms with Gasteiger partial charge in [0, 0.05) is 27.2 Å². The lowest BCUT2D eigenvalue weighted by Crippen LogP contribution is -2.41. The molecule has 5 aromatic rings. The van der Waals surface area contributed by atoms with Gasteiger partial charge in [-0.2, -0.15) is 0 Å². The number of nitrogens with one attached hydrogen (secondary N) is 1. The first kappa shape index (κ1) is 31.7. The summed E-state index contributed by atoms with van der Waals surface area (Å²) >= 11 is 0. The third-order valence-corrected chi connectivity index (χ3v) is 12.2. The summed E-state index contributed by atoms with van der Waals surface area (Å²) in [5.74, 6) is 0.691. The number of aromatic nitrogens is 1. The summed E-state index contributed by atoms with van der Waals surface area (Å²) in [6.45, 7) is 19.5. The Balaban J connectivity index is 1.58. The highest BCUT2D eigenvalue weighted by Gasteiger charge is 2.52. The van der Waals surface area contributed by atoms with Gasteiger partial charge in [-0.05, 0) is 99.6 Å². The van der Waals surface area contributed by atoms with Crippen molar-refractivity contribution in [3.63, 3.8) is 0 Å². The van der Waals surface area contributed by atoms with Crippen LogP contribution in [0.3, 0.4) is 0 Å². The van der Waals surface area contributed by atoms with E-state index in [9.17, 15) is 0 Å². The molecule has 6 rings (SSSR count). The highest BCUT2D eigenvalue weighted by molar-refractivity contribution is 6.15. The van der Waals surface area contributed by atoms with Crippen LogP contribution in [0.4, 0.5) is 0 Å². The fourth-order valence-electron chi connectivity index (χ4n) is 8.66. The van der Waals surface area contributed by atoms with Crippen LogP contribution in [0.2, 0.25) is 0 Å². The largest absolute Gasteiger partial charge is 0.354 e. The quantitative estimate of drug-likeness (QED) is 0.147. The molecular formula is C44H55N. The van der Waals surface area contributed by atoms with Crippen LogP contribution in [0.15, 0.2) is 78.9 Å². The molecule has 1 heteroatoms. The first-order valence-electron chi connectivity index (χ1n) is 17.9. The number of unbranched alkanes of at least 4 members (excludes halogenated alkanes) is 1. The van der Waals surface area contributed by atoms with Crippen LogP contribution in [0.5, 0.6) is 0 Å². The fourth-order valence-corrected chi connectivity index (χ4v) is 8.66. The summed E-state index contributed by atoms with van der Waals surface area (Å²) < 4.78 is 0. The average molecular weight is 598 g/mol. The Labute approximate surface area is 272 Å². The number of aromatic amines is 1. The number of fused-ring (bicyclic) bond motifs is 6. The Morgan fingerprint density at radius 3 is 2.13 bits per heavy atom. The lowest BCUT2D eigenvalue weighted by Gasteiger charge is -2.47. The van der Waals surface area contributed by atoms with Crippen molar-refractivity contribution < 1.29 is 0 Å². The maximum atomic E-state index is 3.81. The van der Waals surface area contributed by atoms with Crippen LogP contribution < -0.4 is 0 Å². The van der Waals surface area contributed by atoms with Crippen molar-refractivity contribution >= 4 is 21.8 Å². The minimum Gasteiger partial charge on any atom is -0.354 e. The van der Waals surface area contributed by atoms with Gasteiger partial charge in [-0.3, -0.25) is 0 Å². The topological polar surface area (TPSA) is 15.8 Å². The molecule has 45 heavy (non-hydrogen) atoms. The third kappa shape index (κ3) is 5.25. The molecule has 0 fully saturated rings. The second-order valence-electron chi connectivity index (χ2n) is 15.4. The van der Waals surface area contributed by atoms with E-state index in [2.05, 4.69) is 139 Å². The first-order chi connectivity index (χ1) is 21.6. The van der Waals surface area contributed by atoms with Gasteiger partial charge in [-0.15, -0.1) is 0 Å². The molecule has 1 aliphatic carbocycles. The van der Waals surface area contributed by atoms with Crippen LogP contribution in [-0.4, -0.2) is 4.98 Å². The molecule has 1 nitrogen and oxygen atoms in total. The second kappa shape index (κ2) is 12.1. The van der Waals surface area contributed by atoms with E-state index in [1.165, 1.54) is 99.3 Å². The Kier molecular flexibility index (Phi) is 8.53.